The van der Waals surface area contributed by atoms with E-state index in [1.165, 1.54) is 12.1 Å². The molecular weight excluding hydrogens is 460 g/mol. The normalized spacial score (nSPS) is 12.7. The highest BCUT2D eigenvalue weighted by molar-refractivity contribution is 6.03. The summed E-state index contributed by atoms with van der Waals surface area (Å²) in [4.78, 5) is 15.1. The van der Waals surface area contributed by atoms with Crippen LogP contribution in [-0.4, -0.2) is 48.1 Å². The zero-order valence-corrected chi connectivity index (χ0v) is 20.3. The van der Waals surface area contributed by atoms with Crippen molar-refractivity contribution >= 4 is 17.4 Å². The zero-order chi connectivity index (χ0) is 25.4. The summed E-state index contributed by atoms with van der Waals surface area (Å²) in [5, 5.41) is 35.8. The Morgan fingerprint density at radius 2 is 1.94 bits per heavy atom. The number of H-pyrrole nitrogens is 1. The van der Waals surface area contributed by atoms with Crippen LogP contribution < -0.4 is 10.1 Å². The van der Waals surface area contributed by atoms with Crippen LogP contribution in [0.3, 0.4) is 0 Å². The molecule has 5 rings (SSSR count). The number of hydrogen-bond donors (Lipinski definition) is 4. The first-order valence-electron chi connectivity index (χ1n) is 11.7. The lowest BCUT2D eigenvalue weighted by molar-refractivity contribution is 0.0747. The van der Waals surface area contributed by atoms with E-state index >= 15 is 0 Å². The molecule has 0 spiro atoms. The Labute approximate surface area is 208 Å². The molecule has 0 radical (unpaired) electrons. The van der Waals surface area contributed by atoms with Crippen LogP contribution in [0.5, 0.6) is 17.2 Å². The molecule has 0 saturated carbocycles. The van der Waals surface area contributed by atoms with E-state index in [9.17, 15) is 15.0 Å². The number of aromatic nitrogens is 4. The highest BCUT2D eigenvalue weighted by Gasteiger charge is 2.30. The number of aromatic hydroxyl groups is 2. The first-order chi connectivity index (χ1) is 17.3. The van der Waals surface area contributed by atoms with E-state index in [-0.39, 0.29) is 34.6 Å². The number of hydrogen-bond acceptors (Lipinski definition) is 7. The molecule has 4 N–H and O–H groups in total. The van der Waals surface area contributed by atoms with Gasteiger partial charge in [-0.1, -0.05) is 26.0 Å². The summed E-state index contributed by atoms with van der Waals surface area (Å²) in [6.07, 6.45) is 1.70. The summed E-state index contributed by atoms with van der Waals surface area (Å²) in [6.45, 7) is 5.32. The van der Waals surface area contributed by atoms with Crippen LogP contribution in [0, 0.1) is 0 Å². The molecule has 2 aromatic heterocycles. The van der Waals surface area contributed by atoms with Gasteiger partial charge in [0.05, 0.1) is 43.5 Å². The van der Waals surface area contributed by atoms with E-state index in [1.807, 2.05) is 30.3 Å². The average Bonchev–Trinajstić information content (AvgIpc) is 3.55. The topological polar surface area (TPSA) is 129 Å². The number of benzene rings is 2. The van der Waals surface area contributed by atoms with Crippen molar-refractivity contribution in [1.29, 1.82) is 0 Å². The van der Waals surface area contributed by atoms with Gasteiger partial charge in [0.15, 0.2) is 0 Å². The summed E-state index contributed by atoms with van der Waals surface area (Å²) in [7, 11) is 1.62. The van der Waals surface area contributed by atoms with Crippen molar-refractivity contribution in [2.75, 3.05) is 12.4 Å². The van der Waals surface area contributed by atoms with Crippen LogP contribution in [0.15, 0.2) is 48.7 Å². The average molecular weight is 489 g/mol. The fourth-order valence-electron chi connectivity index (χ4n) is 4.28. The first kappa shape index (κ1) is 23.3. The van der Waals surface area contributed by atoms with Gasteiger partial charge < -0.3 is 25.2 Å². The van der Waals surface area contributed by atoms with Gasteiger partial charge >= 0.3 is 0 Å². The molecule has 4 aromatic rings. The molecule has 186 valence electrons. The largest absolute Gasteiger partial charge is 0.508 e. The van der Waals surface area contributed by atoms with Gasteiger partial charge in [-0.25, -0.2) is 4.68 Å². The lowest BCUT2D eigenvalue weighted by Crippen LogP contribution is -2.26. The summed E-state index contributed by atoms with van der Waals surface area (Å²) in [6, 6.07) is 12.2. The number of methoxy groups -OCH3 is 1. The number of nitrogens with zero attached hydrogens (tertiary/aromatic N) is 4. The second kappa shape index (κ2) is 9.29. The van der Waals surface area contributed by atoms with Crippen LogP contribution in [-0.2, 0) is 19.6 Å². The van der Waals surface area contributed by atoms with Crippen molar-refractivity contribution in [3.63, 3.8) is 0 Å². The number of anilines is 2. The molecule has 1 aliphatic rings. The third-order valence-corrected chi connectivity index (χ3v) is 6.27. The molecule has 10 heteroatoms. The van der Waals surface area contributed by atoms with E-state index in [2.05, 4.69) is 29.4 Å². The molecule has 1 amide bonds. The molecule has 2 aromatic carbocycles. The minimum Gasteiger partial charge on any atom is -0.508 e. The standard InChI is InChI=1S/C26H28N6O4/c1-15(2)20-10-24(32(30-20)12-16-4-6-19(36-3)7-5-16)28-21-8-18(33)9-23(34)25(21)26(35)31-13-17-11-27-29-22(17)14-31/h4-11,15,28,33-34H,12-14H2,1-3H3,(H,27,29). The van der Waals surface area contributed by atoms with Gasteiger partial charge in [-0.2, -0.15) is 10.2 Å². The monoisotopic (exact) mass is 488 g/mol. The van der Waals surface area contributed by atoms with Crippen molar-refractivity contribution in [2.24, 2.45) is 0 Å². The predicted octanol–water partition coefficient (Wildman–Crippen LogP) is 4.10. The van der Waals surface area contributed by atoms with Gasteiger partial charge in [0.1, 0.15) is 28.6 Å². The second-order valence-corrected chi connectivity index (χ2v) is 9.16. The molecule has 36 heavy (non-hydrogen) atoms. The van der Waals surface area contributed by atoms with Gasteiger partial charge in [0.2, 0.25) is 0 Å². The number of carbonyl (C=O) groups excluding carboxylic acids is 1. The lowest BCUT2D eigenvalue weighted by atomic mass is 10.1. The Kier molecular flexibility index (Phi) is 6.01. The van der Waals surface area contributed by atoms with E-state index in [0.29, 0.717) is 25.5 Å². The Bertz CT molecular complexity index is 1390. The quantitative estimate of drug-likeness (QED) is 0.308. The molecule has 3 heterocycles. The summed E-state index contributed by atoms with van der Waals surface area (Å²) >= 11 is 0. The Hall–Kier alpha value is -4.47. The van der Waals surface area contributed by atoms with Gasteiger partial charge in [0.25, 0.3) is 5.91 Å². The maximum atomic E-state index is 13.5. The van der Waals surface area contributed by atoms with Crippen LogP contribution in [0.25, 0.3) is 0 Å². The number of phenolic OH excluding ortho intramolecular Hbond substituents is 2. The Morgan fingerprint density at radius 3 is 2.64 bits per heavy atom. The maximum absolute atomic E-state index is 13.5. The van der Waals surface area contributed by atoms with Crippen molar-refractivity contribution in [2.45, 2.75) is 39.4 Å². The van der Waals surface area contributed by atoms with Crippen LogP contribution >= 0.6 is 0 Å². The zero-order valence-electron chi connectivity index (χ0n) is 20.3. The molecule has 0 aliphatic carbocycles. The fraction of sp³-hybridized carbons (Fsp3) is 0.269. The minimum atomic E-state index is -0.357. The number of amides is 1. The molecule has 0 fully saturated rings. The van der Waals surface area contributed by atoms with Gasteiger partial charge in [-0.15, -0.1) is 0 Å². The van der Waals surface area contributed by atoms with E-state index < -0.39 is 0 Å². The van der Waals surface area contributed by atoms with Crippen molar-refractivity contribution in [3.05, 3.63) is 76.7 Å². The Balaban J connectivity index is 1.48. The van der Waals surface area contributed by atoms with E-state index in [4.69, 9.17) is 9.84 Å². The lowest BCUT2D eigenvalue weighted by Gasteiger charge is -2.20. The second-order valence-electron chi connectivity index (χ2n) is 9.16. The van der Waals surface area contributed by atoms with Gasteiger partial charge in [-0.3, -0.25) is 9.89 Å². The molecule has 0 saturated heterocycles. The number of aromatic amines is 1. The molecule has 0 atom stereocenters. The molecular formula is C26H28N6O4. The summed E-state index contributed by atoms with van der Waals surface area (Å²) in [5.41, 5.74) is 4.06. The highest BCUT2D eigenvalue weighted by atomic mass is 16.5. The van der Waals surface area contributed by atoms with E-state index in [0.717, 1.165) is 28.3 Å². The highest BCUT2D eigenvalue weighted by Crippen LogP contribution is 2.36. The third-order valence-electron chi connectivity index (χ3n) is 6.27. The first-order valence-corrected chi connectivity index (χ1v) is 11.7. The maximum Gasteiger partial charge on any atom is 0.260 e. The van der Waals surface area contributed by atoms with Crippen LogP contribution in [0.1, 0.15) is 52.6 Å². The number of phenols is 2. The SMILES string of the molecule is COc1ccc(Cn2nc(C(C)C)cc2Nc2cc(O)cc(O)c2C(=O)N2Cc3cn[nH]c3C2)cc1. The predicted molar refractivity (Wildman–Crippen MR) is 134 cm³/mol. The smallest absolute Gasteiger partial charge is 0.260 e. The number of nitrogens with one attached hydrogen (secondary N) is 2. The van der Waals surface area contributed by atoms with Crippen LogP contribution in [0.4, 0.5) is 11.5 Å². The minimum absolute atomic E-state index is 0.0780. The number of carbonyl (C=O) groups is 1. The van der Waals surface area contributed by atoms with E-state index in [1.54, 1.807) is 22.9 Å². The number of fused-ring (bicyclic) bond motifs is 1. The van der Waals surface area contributed by atoms with Gasteiger partial charge in [0, 0.05) is 30.3 Å². The van der Waals surface area contributed by atoms with Crippen molar-refractivity contribution in [3.8, 4) is 17.2 Å². The number of ether oxygens (including phenoxy) is 1. The number of rotatable bonds is 7. The molecule has 1 aliphatic heterocycles. The summed E-state index contributed by atoms with van der Waals surface area (Å²) in [5.74, 6) is 0.750. The Morgan fingerprint density at radius 1 is 1.17 bits per heavy atom. The van der Waals surface area contributed by atoms with Crippen LogP contribution in [0.2, 0.25) is 0 Å². The fourth-order valence-corrected chi connectivity index (χ4v) is 4.28. The van der Waals surface area contributed by atoms with Crippen molar-refractivity contribution < 1.29 is 19.7 Å². The molecule has 0 unspecified atom stereocenters. The molecule has 0 bridgehead atoms. The molecule has 10 nitrogen and oxygen atoms in total. The summed E-state index contributed by atoms with van der Waals surface area (Å²) < 4.78 is 7.05. The van der Waals surface area contributed by atoms with Crippen molar-refractivity contribution in [1.82, 2.24) is 24.9 Å². The third kappa shape index (κ3) is 4.45. The van der Waals surface area contributed by atoms with Gasteiger partial charge in [-0.05, 0) is 23.6 Å².